The Bertz CT molecular complexity index is 604. The highest BCUT2D eigenvalue weighted by Gasteiger charge is 2.41. The van der Waals surface area contributed by atoms with E-state index >= 15 is 0 Å². The maximum atomic E-state index is 5.97. The summed E-state index contributed by atoms with van der Waals surface area (Å²) < 4.78 is 2.52. The molecule has 19 heavy (non-hydrogen) atoms. The number of alkyl halides is 1. The number of hydrogen-bond acceptors (Lipinski definition) is 1. The third kappa shape index (κ3) is 1.80. The van der Waals surface area contributed by atoms with Crippen LogP contribution in [0, 0.1) is 11.8 Å². The van der Waals surface area contributed by atoms with Crippen molar-refractivity contribution in [3.05, 3.63) is 30.1 Å². The van der Waals surface area contributed by atoms with E-state index in [1.165, 1.54) is 37.0 Å². The molecule has 2 bridgehead atoms. The van der Waals surface area contributed by atoms with Gasteiger partial charge in [-0.05, 0) is 43.2 Å². The number of aromatic nitrogens is 2. The zero-order valence-electron chi connectivity index (χ0n) is 11.1. The fourth-order valence-corrected chi connectivity index (χ4v) is 4.42. The van der Waals surface area contributed by atoms with Crippen LogP contribution >= 0.6 is 11.6 Å². The van der Waals surface area contributed by atoms with Crippen molar-refractivity contribution in [3.63, 3.8) is 0 Å². The minimum atomic E-state index is 0.657. The predicted molar refractivity (Wildman–Crippen MR) is 78.6 cm³/mol. The molecule has 0 N–H and O–H groups in total. The number of para-hydroxylation sites is 2. The average molecular weight is 275 g/mol. The molecule has 2 fully saturated rings. The van der Waals surface area contributed by atoms with Gasteiger partial charge in [-0.3, -0.25) is 0 Å². The lowest BCUT2D eigenvalue weighted by Crippen LogP contribution is -2.18. The van der Waals surface area contributed by atoms with Crippen LogP contribution in [0.3, 0.4) is 0 Å². The van der Waals surface area contributed by atoms with Crippen LogP contribution < -0.4 is 0 Å². The van der Waals surface area contributed by atoms with Crippen LogP contribution in [0.25, 0.3) is 11.0 Å². The van der Waals surface area contributed by atoms with Gasteiger partial charge in [-0.1, -0.05) is 18.6 Å². The molecule has 3 unspecified atom stereocenters. The Labute approximate surface area is 118 Å². The largest absolute Gasteiger partial charge is 0.325 e. The number of halogens is 1. The summed E-state index contributed by atoms with van der Waals surface area (Å²) in [4.78, 5) is 4.81. The molecule has 2 nitrogen and oxygen atoms in total. The fourth-order valence-electron chi connectivity index (χ4n) is 4.25. The zero-order chi connectivity index (χ0) is 12.8. The van der Waals surface area contributed by atoms with Crippen LogP contribution in [0.5, 0.6) is 0 Å². The molecule has 3 atom stereocenters. The predicted octanol–water partition coefficient (Wildman–Crippen LogP) is 4.18. The molecule has 0 aliphatic heterocycles. The molecule has 3 heteroatoms. The Morgan fingerprint density at radius 1 is 1.21 bits per heavy atom. The third-order valence-corrected chi connectivity index (χ3v) is 5.21. The van der Waals surface area contributed by atoms with Gasteiger partial charge in [0.2, 0.25) is 0 Å². The van der Waals surface area contributed by atoms with Gasteiger partial charge in [0.15, 0.2) is 0 Å². The number of fused-ring (bicyclic) bond motifs is 3. The van der Waals surface area contributed by atoms with Crippen molar-refractivity contribution < 1.29 is 0 Å². The Kier molecular flexibility index (Phi) is 2.80. The van der Waals surface area contributed by atoms with E-state index in [9.17, 15) is 0 Å². The van der Waals surface area contributed by atoms with Crippen LogP contribution in [-0.4, -0.2) is 15.4 Å². The van der Waals surface area contributed by atoms with Crippen molar-refractivity contribution in [2.45, 2.75) is 38.1 Å². The normalized spacial score (nSPS) is 29.4. The van der Waals surface area contributed by atoms with Crippen molar-refractivity contribution in [3.8, 4) is 0 Å². The topological polar surface area (TPSA) is 17.8 Å². The lowest BCUT2D eigenvalue weighted by molar-refractivity contribution is 0.329. The summed E-state index contributed by atoms with van der Waals surface area (Å²) in [5.41, 5.74) is 2.44. The highest BCUT2D eigenvalue weighted by Crippen LogP contribution is 2.51. The highest BCUT2D eigenvalue weighted by atomic mass is 35.5. The molecule has 1 aromatic heterocycles. The molecule has 0 amide bonds. The van der Waals surface area contributed by atoms with E-state index in [0.29, 0.717) is 11.9 Å². The molecule has 2 aliphatic rings. The summed E-state index contributed by atoms with van der Waals surface area (Å²) in [7, 11) is 0. The smallest absolute Gasteiger partial charge is 0.111 e. The zero-order valence-corrected chi connectivity index (χ0v) is 11.8. The Morgan fingerprint density at radius 3 is 2.84 bits per heavy atom. The summed E-state index contributed by atoms with van der Waals surface area (Å²) >= 11 is 5.97. The number of imidazole rings is 1. The second kappa shape index (κ2) is 4.52. The van der Waals surface area contributed by atoms with Crippen molar-refractivity contribution >= 4 is 22.6 Å². The number of nitrogens with zero attached hydrogens (tertiary/aromatic N) is 2. The summed E-state index contributed by atoms with van der Waals surface area (Å²) in [6.45, 7) is 0. The molecular formula is C16H19ClN2. The summed E-state index contributed by atoms with van der Waals surface area (Å²) in [5.74, 6) is 3.68. The van der Waals surface area contributed by atoms with Gasteiger partial charge in [-0.2, -0.15) is 0 Å². The first-order chi connectivity index (χ1) is 9.36. The Balaban J connectivity index is 1.84. The van der Waals surface area contributed by atoms with E-state index in [1.807, 2.05) is 0 Å². The van der Waals surface area contributed by atoms with Gasteiger partial charge >= 0.3 is 0 Å². The first-order valence-corrected chi connectivity index (χ1v) is 7.92. The quantitative estimate of drug-likeness (QED) is 0.768. The van der Waals surface area contributed by atoms with Gasteiger partial charge < -0.3 is 4.57 Å². The lowest BCUT2D eigenvalue weighted by Gasteiger charge is -2.25. The van der Waals surface area contributed by atoms with E-state index in [-0.39, 0.29) is 0 Å². The maximum absolute atomic E-state index is 5.97. The Hall–Kier alpha value is -1.02. The number of hydrogen-bond donors (Lipinski definition) is 0. The van der Waals surface area contributed by atoms with Crippen LogP contribution in [0.1, 0.15) is 37.5 Å². The molecule has 4 rings (SSSR count). The SMILES string of the molecule is ClCCc1nc2ccccc2n1C1CC2CCC1C2. The Morgan fingerprint density at radius 2 is 2.11 bits per heavy atom. The standard InChI is InChI=1S/C16H19ClN2/c17-8-7-16-18-13-3-1-2-4-14(13)19(16)15-10-11-5-6-12(15)9-11/h1-4,11-12,15H,5-10H2. The molecule has 2 saturated carbocycles. The summed E-state index contributed by atoms with van der Waals surface area (Å²) in [5, 5.41) is 0. The van der Waals surface area contributed by atoms with Crippen LogP contribution in [-0.2, 0) is 6.42 Å². The van der Waals surface area contributed by atoms with Crippen molar-refractivity contribution in [1.82, 2.24) is 9.55 Å². The molecular weight excluding hydrogens is 256 g/mol. The highest BCUT2D eigenvalue weighted by molar-refractivity contribution is 6.17. The first-order valence-electron chi connectivity index (χ1n) is 7.38. The average Bonchev–Trinajstić information content (AvgIpc) is 3.11. The molecule has 1 heterocycles. The molecule has 2 aromatic rings. The maximum Gasteiger partial charge on any atom is 0.111 e. The fraction of sp³-hybridized carbons (Fsp3) is 0.562. The van der Waals surface area contributed by atoms with Crippen molar-refractivity contribution in [1.29, 1.82) is 0 Å². The monoisotopic (exact) mass is 274 g/mol. The second-order valence-electron chi connectivity index (χ2n) is 6.07. The summed E-state index contributed by atoms with van der Waals surface area (Å²) in [6, 6.07) is 9.20. The lowest BCUT2D eigenvalue weighted by atomic mass is 9.95. The molecule has 0 saturated heterocycles. The van der Waals surface area contributed by atoms with E-state index < -0.39 is 0 Å². The van der Waals surface area contributed by atoms with E-state index in [1.54, 1.807) is 0 Å². The minimum Gasteiger partial charge on any atom is -0.325 e. The van der Waals surface area contributed by atoms with Gasteiger partial charge in [0.1, 0.15) is 5.82 Å². The third-order valence-electron chi connectivity index (χ3n) is 5.02. The van der Waals surface area contributed by atoms with E-state index in [2.05, 4.69) is 28.8 Å². The molecule has 2 aliphatic carbocycles. The van der Waals surface area contributed by atoms with Gasteiger partial charge in [0, 0.05) is 18.3 Å². The van der Waals surface area contributed by atoms with Gasteiger partial charge in [-0.25, -0.2) is 4.98 Å². The van der Waals surface area contributed by atoms with Gasteiger partial charge in [0.25, 0.3) is 0 Å². The van der Waals surface area contributed by atoms with Crippen LogP contribution in [0.2, 0.25) is 0 Å². The number of rotatable bonds is 3. The van der Waals surface area contributed by atoms with E-state index in [4.69, 9.17) is 16.6 Å². The van der Waals surface area contributed by atoms with Crippen LogP contribution in [0.4, 0.5) is 0 Å². The minimum absolute atomic E-state index is 0.657. The molecule has 0 radical (unpaired) electrons. The molecule has 100 valence electrons. The second-order valence-corrected chi connectivity index (χ2v) is 6.45. The molecule has 0 spiro atoms. The van der Waals surface area contributed by atoms with Gasteiger partial charge in [-0.15, -0.1) is 11.6 Å². The first kappa shape index (κ1) is 11.8. The summed E-state index contributed by atoms with van der Waals surface area (Å²) in [6.07, 6.45) is 6.50. The van der Waals surface area contributed by atoms with Gasteiger partial charge in [0.05, 0.1) is 11.0 Å². The van der Waals surface area contributed by atoms with Crippen LogP contribution in [0.15, 0.2) is 24.3 Å². The molecule has 1 aromatic carbocycles. The van der Waals surface area contributed by atoms with Crippen molar-refractivity contribution in [2.75, 3.05) is 5.88 Å². The van der Waals surface area contributed by atoms with E-state index in [0.717, 1.165) is 23.8 Å². The number of aryl methyl sites for hydroxylation is 1. The number of benzene rings is 1. The van der Waals surface area contributed by atoms with Crippen molar-refractivity contribution in [2.24, 2.45) is 11.8 Å².